The van der Waals surface area contributed by atoms with Crippen LogP contribution in [0.25, 0.3) is 22.9 Å². The minimum Gasteiger partial charge on any atom is -0.491 e. The number of ether oxygens (including phenoxy) is 1. The minimum atomic E-state index is -0.408. The Morgan fingerprint density at radius 2 is 2.06 bits per heavy atom. The molecule has 0 radical (unpaired) electrons. The maximum absolute atomic E-state index is 12.2. The molecule has 1 amide bonds. The van der Waals surface area contributed by atoms with E-state index in [9.17, 15) is 4.79 Å². The summed E-state index contributed by atoms with van der Waals surface area (Å²) in [7, 11) is 0. The second kappa shape index (κ2) is 7.32. The molecule has 5 heterocycles. The van der Waals surface area contributed by atoms with E-state index in [1.165, 1.54) is 0 Å². The van der Waals surface area contributed by atoms with Crippen molar-refractivity contribution in [3.8, 4) is 28.7 Å². The van der Waals surface area contributed by atoms with Crippen LogP contribution in [0.5, 0.6) is 5.75 Å². The summed E-state index contributed by atoms with van der Waals surface area (Å²) in [6, 6.07) is 1.67. The predicted octanol–water partition coefficient (Wildman–Crippen LogP) is 2.27. The van der Waals surface area contributed by atoms with Crippen molar-refractivity contribution in [3.63, 3.8) is 0 Å². The van der Waals surface area contributed by atoms with E-state index in [1.54, 1.807) is 12.5 Å². The van der Waals surface area contributed by atoms with E-state index in [1.807, 2.05) is 21.8 Å². The van der Waals surface area contributed by atoms with E-state index in [2.05, 4.69) is 47.3 Å². The number of pyridine rings is 1. The molecule has 32 heavy (non-hydrogen) atoms. The molecular weight excluding hydrogens is 408 g/mol. The molecule has 0 saturated carbocycles. The van der Waals surface area contributed by atoms with Gasteiger partial charge in [0.1, 0.15) is 42.1 Å². The Bertz CT molecular complexity index is 1180. The highest BCUT2D eigenvalue weighted by Crippen LogP contribution is 2.41. The lowest BCUT2D eigenvalue weighted by atomic mass is 9.84. The number of aromatic nitrogens is 6. The van der Waals surface area contributed by atoms with Gasteiger partial charge in [0.15, 0.2) is 5.82 Å². The van der Waals surface area contributed by atoms with Gasteiger partial charge in [-0.3, -0.25) is 4.79 Å². The Labute approximate surface area is 186 Å². The van der Waals surface area contributed by atoms with Crippen LogP contribution in [0.1, 0.15) is 40.2 Å². The summed E-state index contributed by atoms with van der Waals surface area (Å²) in [5.41, 5.74) is 7.10. The summed E-state index contributed by atoms with van der Waals surface area (Å²) < 4.78 is 9.98. The van der Waals surface area contributed by atoms with Crippen LogP contribution in [-0.2, 0) is 11.3 Å². The number of anilines is 1. The highest BCUT2D eigenvalue weighted by atomic mass is 16.5. The Kier molecular flexibility index (Phi) is 4.68. The molecule has 0 aromatic carbocycles. The van der Waals surface area contributed by atoms with E-state index < -0.39 is 6.04 Å². The second-order valence-electron chi connectivity index (χ2n) is 9.39. The first-order valence-electron chi connectivity index (χ1n) is 10.9. The average Bonchev–Trinajstić information content (AvgIpc) is 3.42. The number of carbonyl (C=O) groups is 1. The van der Waals surface area contributed by atoms with E-state index >= 15 is 0 Å². The summed E-state index contributed by atoms with van der Waals surface area (Å²) in [4.78, 5) is 28.1. The molecule has 10 nitrogen and oxygen atoms in total. The number of hydrogen-bond donors (Lipinski definition) is 1. The number of carbonyl (C=O) groups excluding carboxylic acids is 1. The van der Waals surface area contributed by atoms with Gasteiger partial charge in [-0.1, -0.05) is 13.8 Å². The van der Waals surface area contributed by atoms with Crippen LogP contribution >= 0.6 is 0 Å². The lowest BCUT2D eigenvalue weighted by Crippen LogP contribution is -2.47. The molecule has 168 valence electrons. The first-order chi connectivity index (χ1) is 15.3. The number of imidazole rings is 1. The van der Waals surface area contributed by atoms with Crippen molar-refractivity contribution in [2.45, 2.75) is 52.7 Å². The maximum atomic E-state index is 12.2. The molecule has 1 saturated heterocycles. The van der Waals surface area contributed by atoms with Crippen LogP contribution in [0.15, 0.2) is 24.8 Å². The van der Waals surface area contributed by atoms with Gasteiger partial charge in [-0.25, -0.2) is 19.6 Å². The summed E-state index contributed by atoms with van der Waals surface area (Å²) in [5, 5.41) is 4.33. The van der Waals surface area contributed by atoms with Gasteiger partial charge in [-0.15, -0.1) is 0 Å². The summed E-state index contributed by atoms with van der Waals surface area (Å²) in [6.45, 7) is 10.1. The zero-order valence-corrected chi connectivity index (χ0v) is 18.8. The van der Waals surface area contributed by atoms with Crippen LogP contribution in [0.2, 0.25) is 0 Å². The zero-order chi connectivity index (χ0) is 22.6. The molecular formula is C22H28N8O2. The quantitative estimate of drug-likeness (QED) is 0.667. The third kappa shape index (κ3) is 3.21. The fourth-order valence-electron chi connectivity index (χ4n) is 4.73. The normalized spacial score (nSPS) is 19.4. The molecule has 3 aromatic heterocycles. The molecule has 0 unspecified atom stereocenters. The van der Waals surface area contributed by atoms with Gasteiger partial charge in [-0.2, -0.15) is 5.10 Å². The highest BCUT2D eigenvalue weighted by Gasteiger charge is 2.44. The maximum Gasteiger partial charge on any atom is 0.240 e. The SMILES string of the molecule is CC(C)n1ncnc1-c1cn2c(n1)-c1cnc(N3CCC(C)(C)[C@H]3C(N)=O)cc1OCC2. The predicted molar refractivity (Wildman–Crippen MR) is 119 cm³/mol. The Morgan fingerprint density at radius 3 is 2.81 bits per heavy atom. The number of nitrogens with zero attached hydrogens (tertiary/aromatic N) is 7. The minimum absolute atomic E-state index is 0.178. The fourth-order valence-corrected chi connectivity index (χ4v) is 4.73. The van der Waals surface area contributed by atoms with Gasteiger partial charge in [0, 0.05) is 31.0 Å². The molecule has 2 N–H and O–H groups in total. The van der Waals surface area contributed by atoms with Gasteiger partial charge < -0.3 is 19.9 Å². The van der Waals surface area contributed by atoms with E-state index in [0.29, 0.717) is 24.7 Å². The zero-order valence-electron chi connectivity index (χ0n) is 18.8. The number of fused-ring (bicyclic) bond motifs is 3. The molecule has 1 fully saturated rings. The second-order valence-corrected chi connectivity index (χ2v) is 9.39. The molecule has 3 aromatic rings. The lowest BCUT2D eigenvalue weighted by molar-refractivity contribution is -0.120. The smallest absolute Gasteiger partial charge is 0.240 e. The number of rotatable bonds is 4. The number of amides is 1. The standard InChI is InChI=1S/C22H28N8O2/c1-13(2)30-21(25-12-26-30)15-11-28-7-8-32-16-9-17(24-10-14(16)20(28)27-15)29-6-5-22(3,4)18(29)19(23)31/h9-13,18H,5-8H2,1-4H3,(H2,23,31)/t18-/m1/s1. The molecule has 0 aliphatic carbocycles. The van der Waals surface area contributed by atoms with Gasteiger partial charge in [0.2, 0.25) is 5.91 Å². The number of primary amides is 1. The van der Waals surface area contributed by atoms with E-state index in [0.717, 1.165) is 35.9 Å². The summed E-state index contributed by atoms with van der Waals surface area (Å²) in [5.74, 6) is 2.57. The van der Waals surface area contributed by atoms with E-state index in [-0.39, 0.29) is 17.4 Å². The van der Waals surface area contributed by atoms with Crippen molar-refractivity contribution in [1.29, 1.82) is 0 Å². The van der Waals surface area contributed by atoms with Crippen LogP contribution < -0.4 is 15.4 Å². The number of nitrogens with two attached hydrogens (primary N) is 1. The van der Waals surface area contributed by atoms with Crippen molar-refractivity contribution in [1.82, 2.24) is 29.3 Å². The third-order valence-corrected chi connectivity index (χ3v) is 6.36. The summed E-state index contributed by atoms with van der Waals surface area (Å²) in [6.07, 6.45) is 6.17. The van der Waals surface area contributed by atoms with Crippen LogP contribution in [0, 0.1) is 5.41 Å². The van der Waals surface area contributed by atoms with Crippen LogP contribution in [-0.4, -0.2) is 54.4 Å². The van der Waals surface area contributed by atoms with Crippen molar-refractivity contribution in [2.24, 2.45) is 11.1 Å². The Hall–Kier alpha value is -3.43. The van der Waals surface area contributed by atoms with Crippen molar-refractivity contribution in [3.05, 3.63) is 24.8 Å². The molecule has 5 rings (SSSR count). The summed E-state index contributed by atoms with van der Waals surface area (Å²) >= 11 is 0. The Morgan fingerprint density at radius 1 is 1.25 bits per heavy atom. The van der Waals surface area contributed by atoms with Crippen molar-refractivity contribution in [2.75, 3.05) is 18.1 Å². The van der Waals surface area contributed by atoms with Crippen molar-refractivity contribution < 1.29 is 9.53 Å². The van der Waals surface area contributed by atoms with Crippen molar-refractivity contribution >= 4 is 11.7 Å². The molecule has 2 aliphatic rings. The first-order valence-corrected chi connectivity index (χ1v) is 10.9. The van der Waals surface area contributed by atoms with E-state index in [4.69, 9.17) is 15.5 Å². The van der Waals surface area contributed by atoms with Crippen LogP contribution in [0.4, 0.5) is 5.82 Å². The van der Waals surface area contributed by atoms with Gasteiger partial charge >= 0.3 is 0 Å². The van der Waals surface area contributed by atoms with Crippen LogP contribution in [0.3, 0.4) is 0 Å². The third-order valence-electron chi connectivity index (χ3n) is 6.36. The lowest BCUT2D eigenvalue weighted by Gasteiger charge is -2.30. The first kappa shape index (κ1) is 20.5. The molecule has 2 aliphatic heterocycles. The number of hydrogen-bond acceptors (Lipinski definition) is 7. The monoisotopic (exact) mass is 436 g/mol. The average molecular weight is 437 g/mol. The largest absolute Gasteiger partial charge is 0.491 e. The Balaban J connectivity index is 1.54. The topological polar surface area (TPSA) is 117 Å². The van der Waals surface area contributed by atoms with Gasteiger partial charge in [-0.05, 0) is 25.7 Å². The molecule has 10 heteroatoms. The fraction of sp³-hybridized carbons (Fsp3) is 0.500. The van der Waals surface area contributed by atoms with Gasteiger partial charge in [0.05, 0.1) is 12.1 Å². The highest BCUT2D eigenvalue weighted by molar-refractivity contribution is 5.85. The van der Waals surface area contributed by atoms with Gasteiger partial charge in [0.25, 0.3) is 0 Å². The molecule has 0 bridgehead atoms. The molecule has 1 atom stereocenters. The molecule has 0 spiro atoms.